The number of amides is 2. The van der Waals surface area contributed by atoms with Crippen LogP contribution in [0.4, 0.5) is 0 Å². The van der Waals surface area contributed by atoms with E-state index in [1.165, 1.54) is 0 Å². The lowest BCUT2D eigenvalue weighted by atomic mass is 10.0. The van der Waals surface area contributed by atoms with Crippen LogP contribution in [-0.4, -0.2) is 85.2 Å². The first-order chi connectivity index (χ1) is 21.6. The third kappa shape index (κ3) is 11.8. The minimum absolute atomic E-state index is 0.0991. The minimum Gasteiger partial charge on any atom is -0.490 e. The molecular formula is C34H48N4O7. The van der Waals surface area contributed by atoms with Crippen molar-refractivity contribution in [2.75, 3.05) is 26.3 Å². The number of likely N-dealkylation sites (tertiary alicyclic amines) is 1. The van der Waals surface area contributed by atoms with E-state index in [-0.39, 0.29) is 31.6 Å². The Morgan fingerprint density at radius 1 is 1.00 bits per heavy atom. The third-order valence-corrected chi connectivity index (χ3v) is 7.54. The molecule has 11 nitrogen and oxygen atoms in total. The summed E-state index contributed by atoms with van der Waals surface area (Å²) in [6, 6.07) is 14.8. The van der Waals surface area contributed by atoms with Crippen LogP contribution in [0, 0.1) is 0 Å². The van der Waals surface area contributed by atoms with Gasteiger partial charge in [0.2, 0.25) is 11.8 Å². The van der Waals surface area contributed by atoms with Gasteiger partial charge in [-0.1, -0.05) is 56.3 Å². The first-order valence-electron chi connectivity index (χ1n) is 15.8. The summed E-state index contributed by atoms with van der Waals surface area (Å²) in [5, 5.41) is 6.44. The molecule has 0 spiro atoms. The maximum atomic E-state index is 13.6. The molecule has 4 N–H and O–H groups in total. The highest BCUT2D eigenvalue weighted by Crippen LogP contribution is 2.21. The van der Waals surface area contributed by atoms with Crippen LogP contribution >= 0.6 is 0 Å². The van der Waals surface area contributed by atoms with Crippen LogP contribution in [0.15, 0.2) is 54.6 Å². The van der Waals surface area contributed by atoms with Crippen molar-refractivity contribution in [2.45, 2.75) is 90.1 Å². The van der Waals surface area contributed by atoms with Crippen LogP contribution in [0.1, 0.15) is 58.1 Å². The fraction of sp³-hybridized carbons (Fsp3) is 0.529. The van der Waals surface area contributed by atoms with Gasteiger partial charge in [0.1, 0.15) is 30.5 Å². The number of carbonyl (C=O) groups is 4. The van der Waals surface area contributed by atoms with Crippen LogP contribution in [-0.2, 0) is 41.5 Å². The second-order valence-corrected chi connectivity index (χ2v) is 11.6. The van der Waals surface area contributed by atoms with E-state index in [9.17, 15) is 19.2 Å². The highest BCUT2D eigenvalue weighted by atomic mass is 16.6. The molecule has 11 heteroatoms. The zero-order valence-corrected chi connectivity index (χ0v) is 26.8. The molecule has 246 valence electrons. The Hall–Kier alpha value is -3.96. The average molecular weight is 625 g/mol. The fourth-order valence-corrected chi connectivity index (χ4v) is 5.20. The van der Waals surface area contributed by atoms with Crippen molar-refractivity contribution in [3.63, 3.8) is 0 Å². The molecule has 0 bridgehead atoms. The van der Waals surface area contributed by atoms with Gasteiger partial charge in [0.25, 0.3) is 0 Å². The van der Waals surface area contributed by atoms with Gasteiger partial charge in [0.05, 0.1) is 19.1 Å². The van der Waals surface area contributed by atoms with Crippen LogP contribution in [0.3, 0.4) is 0 Å². The average Bonchev–Trinajstić information content (AvgIpc) is 3.51. The Morgan fingerprint density at radius 2 is 1.71 bits per heavy atom. The molecule has 2 amide bonds. The molecule has 0 aliphatic carbocycles. The molecule has 0 saturated carbocycles. The van der Waals surface area contributed by atoms with Gasteiger partial charge in [-0.3, -0.25) is 19.7 Å². The quantitative estimate of drug-likeness (QED) is 0.213. The maximum absolute atomic E-state index is 13.6. The molecule has 1 unspecified atom stereocenters. The number of hydrogen-bond donors (Lipinski definition) is 3. The second-order valence-electron chi connectivity index (χ2n) is 11.6. The van der Waals surface area contributed by atoms with Crippen molar-refractivity contribution in [1.29, 1.82) is 0 Å². The predicted molar refractivity (Wildman–Crippen MR) is 170 cm³/mol. The van der Waals surface area contributed by atoms with Gasteiger partial charge in [-0.05, 0) is 62.8 Å². The molecule has 1 aliphatic rings. The zero-order chi connectivity index (χ0) is 32.8. The smallest absolute Gasteiger partial charge is 0.329 e. The number of benzene rings is 2. The van der Waals surface area contributed by atoms with Crippen molar-refractivity contribution in [3.8, 4) is 5.75 Å². The Labute approximate surface area is 266 Å². The van der Waals surface area contributed by atoms with Crippen molar-refractivity contribution >= 4 is 23.8 Å². The first-order valence-corrected chi connectivity index (χ1v) is 15.8. The van der Waals surface area contributed by atoms with E-state index in [0.29, 0.717) is 44.5 Å². The maximum Gasteiger partial charge on any atom is 0.329 e. The SMILES string of the molecule is CCOC(=O)[C@H](CCc1ccccc1)N[C@@H](C)C(=O)N1CCC[C@H]1C(=O)OC(CNC(C)C)COc1ccc(CC(N)=O)cc1. The number of ether oxygens (including phenoxy) is 3. The highest BCUT2D eigenvalue weighted by Gasteiger charge is 2.39. The monoisotopic (exact) mass is 624 g/mol. The van der Waals surface area contributed by atoms with E-state index in [1.807, 2.05) is 44.2 Å². The fourth-order valence-electron chi connectivity index (χ4n) is 5.20. The summed E-state index contributed by atoms with van der Waals surface area (Å²) in [7, 11) is 0. The summed E-state index contributed by atoms with van der Waals surface area (Å²) >= 11 is 0. The number of hydrogen-bond acceptors (Lipinski definition) is 9. The summed E-state index contributed by atoms with van der Waals surface area (Å²) in [5.74, 6) is -1.02. The van der Waals surface area contributed by atoms with Crippen molar-refractivity contribution in [3.05, 3.63) is 65.7 Å². The van der Waals surface area contributed by atoms with E-state index in [1.54, 1.807) is 43.0 Å². The van der Waals surface area contributed by atoms with Crippen molar-refractivity contribution in [2.24, 2.45) is 5.73 Å². The Kier molecular flexibility index (Phi) is 14.3. The van der Waals surface area contributed by atoms with E-state index in [0.717, 1.165) is 11.1 Å². The highest BCUT2D eigenvalue weighted by molar-refractivity contribution is 5.88. The normalized spacial score (nSPS) is 16.6. The number of rotatable bonds is 18. The lowest BCUT2D eigenvalue weighted by Crippen LogP contribution is -2.54. The van der Waals surface area contributed by atoms with E-state index < -0.39 is 42.1 Å². The number of aryl methyl sites for hydroxylation is 1. The molecule has 0 aromatic heterocycles. The topological polar surface area (TPSA) is 149 Å². The minimum atomic E-state index is -0.734. The summed E-state index contributed by atoms with van der Waals surface area (Å²) in [4.78, 5) is 52.5. The number of esters is 2. The van der Waals surface area contributed by atoms with E-state index >= 15 is 0 Å². The Morgan fingerprint density at radius 3 is 2.36 bits per heavy atom. The van der Waals surface area contributed by atoms with Gasteiger partial charge < -0.3 is 30.2 Å². The molecule has 1 heterocycles. The summed E-state index contributed by atoms with van der Waals surface area (Å²) in [6.07, 6.45) is 1.78. The van der Waals surface area contributed by atoms with E-state index in [4.69, 9.17) is 19.9 Å². The molecule has 1 saturated heterocycles. The van der Waals surface area contributed by atoms with Crippen LogP contribution in [0.2, 0.25) is 0 Å². The number of nitrogens with one attached hydrogen (secondary N) is 2. The van der Waals surface area contributed by atoms with Gasteiger partial charge >= 0.3 is 11.9 Å². The first kappa shape index (κ1) is 35.5. The van der Waals surface area contributed by atoms with Crippen LogP contribution in [0.5, 0.6) is 5.75 Å². The summed E-state index contributed by atoms with van der Waals surface area (Å²) in [6.45, 7) is 8.56. The van der Waals surface area contributed by atoms with Gasteiger partial charge in [-0.15, -0.1) is 0 Å². The van der Waals surface area contributed by atoms with Crippen molar-refractivity contribution in [1.82, 2.24) is 15.5 Å². The van der Waals surface area contributed by atoms with Gasteiger partial charge in [-0.2, -0.15) is 0 Å². The molecule has 3 rings (SSSR count). The standard InChI is InChI=1S/C34H48N4O7/c1-5-43-33(41)29(18-15-25-10-7-6-8-11-25)37-24(4)32(40)38-19-9-12-30(38)34(42)45-28(21-36-23(2)3)22-44-27-16-13-26(14-17-27)20-31(35)39/h6-8,10-11,13-14,16-17,23-24,28-30,36-37H,5,9,12,15,18-22H2,1-4H3,(H2,35,39)/t24-,28?,29-,30-/m0/s1. The number of primary amides is 1. The van der Waals surface area contributed by atoms with Gasteiger partial charge in [-0.25, -0.2) is 4.79 Å². The molecule has 4 atom stereocenters. The van der Waals surface area contributed by atoms with Gasteiger partial charge in [0, 0.05) is 19.1 Å². The lowest BCUT2D eigenvalue weighted by Gasteiger charge is -2.30. The van der Waals surface area contributed by atoms with Crippen molar-refractivity contribution < 1.29 is 33.4 Å². The molecular weight excluding hydrogens is 576 g/mol. The number of carbonyl (C=O) groups excluding carboxylic acids is 4. The zero-order valence-electron chi connectivity index (χ0n) is 26.8. The molecule has 2 aromatic rings. The molecule has 45 heavy (non-hydrogen) atoms. The Bertz CT molecular complexity index is 1240. The number of nitrogens with two attached hydrogens (primary N) is 1. The van der Waals surface area contributed by atoms with Crippen LogP contribution in [0.25, 0.3) is 0 Å². The summed E-state index contributed by atoms with van der Waals surface area (Å²) in [5.41, 5.74) is 7.13. The molecule has 1 aliphatic heterocycles. The lowest BCUT2D eigenvalue weighted by molar-refractivity contribution is -0.159. The Balaban J connectivity index is 1.61. The molecule has 2 aromatic carbocycles. The molecule has 1 fully saturated rings. The van der Waals surface area contributed by atoms with Crippen LogP contribution < -0.4 is 21.1 Å². The second kappa shape index (κ2) is 18.1. The predicted octanol–water partition coefficient (Wildman–Crippen LogP) is 2.54. The largest absolute Gasteiger partial charge is 0.490 e. The van der Waals surface area contributed by atoms with E-state index in [2.05, 4.69) is 10.6 Å². The van der Waals surface area contributed by atoms with Gasteiger partial charge in [0.15, 0.2) is 0 Å². The summed E-state index contributed by atoms with van der Waals surface area (Å²) < 4.78 is 17.1. The number of nitrogens with zero attached hydrogens (tertiary/aromatic N) is 1. The third-order valence-electron chi connectivity index (χ3n) is 7.54. The molecule has 0 radical (unpaired) electrons.